The summed E-state index contributed by atoms with van der Waals surface area (Å²) < 4.78 is 38.6. The highest BCUT2D eigenvalue weighted by Crippen LogP contribution is 2.31. The lowest BCUT2D eigenvalue weighted by molar-refractivity contribution is -0.138. The second-order valence-corrected chi connectivity index (χ2v) is 4.93. The number of benzene rings is 1. The van der Waals surface area contributed by atoms with Crippen LogP contribution >= 0.6 is 0 Å². The molecule has 0 unspecified atom stereocenters. The third-order valence-corrected chi connectivity index (χ3v) is 3.13. The third kappa shape index (κ3) is 4.15. The number of carbonyl (C=O) groups is 1. The Labute approximate surface area is 131 Å². The Morgan fingerprint density at radius 2 is 2.00 bits per heavy atom. The highest BCUT2D eigenvalue weighted by Gasteiger charge is 2.35. The zero-order valence-electron chi connectivity index (χ0n) is 12.5. The van der Waals surface area contributed by atoms with Crippen LogP contribution in [0.2, 0.25) is 0 Å². The van der Waals surface area contributed by atoms with E-state index in [1.165, 1.54) is 0 Å². The number of alkyl halides is 3. The average Bonchev–Trinajstić information content (AvgIpc) is 2.51. The van der Waals surface area contributed by atoms with Crippen molar-refractivity contribution in [3.8, 4) is 0 Å². The number of aryl methyl sites for hydroxylation is 1. The number of pyridine rings is 1. The third-order valence-electron chi connectivity index (χ3n) is 3.13. The summed E-state index contributed by atoms with van der Waals surface area (Å²) in [5.41, 5.74) is 2.79. The normalized spacial score (nSPS) is 12.1. The fourth-order valence-electron chi connectivity index (χ4n) is 1.95. The molecule has 0 saturated carbocycles. The lowest BCUT2D eigenvalue weighted by Crippen LogP contribution is -2.23. The smallest absolute Gasteiger partial charge is 0.267 e. The van der Waals surface area contributed by atoms with Crippen LogP contribution in [-0.4, -0.2) is 16.6 Å². The first kappa shape index (κ1) is 16.7. The molecule has 0 radical (unpaired) electrons. The molecule has 23 heavy (non-hydrogen) atoms. The number of aromatic nitrogens is 1. The SMILES string of the molecule is CC(=NNC(=O)c1cnccc1C(F)(F)F)c1cccc(C)c1. The molecule has 2 aromatic rings. The summed E-state index contributed by atoms with van der Waals surface area (Å²) in [4.78, 5) is 15.5. The van der Waals surface area contributed by atoms with Crippen LogP contribution in [0.15, 0.2) is 47.8 Å². The summed E-state index contributed by atoms with van der Waals surface area (Å²) in [6.45, 7) is 3.56. The number of rotatable bonds is 3. The molecule has 1 N–H and O–H groups in total. The van der Waals surface area contributed by atoms with E-state index in [4.69, 9.17) is 0 Å². The van der Waals surface area contributed by atoms with Crippen molar-refractivity contribution in [2.45, 2.75) is 20.0 Å². The molecule has 2 rings (SSSR count). The molecule has 7 heteroatoms. The van der Waals surface area contributed by atoms with Crippen LogP contribution in [0.1, 0.15) is 34.0 Å². The zero-order chi connectivity index (χ0) is 17.0. The summed E-state index contributed by atoms with van der Waals surface area (Å²) in [6, 6.07) is 8.14. The van der Waals surface area contributed by atoms with E-state index in [9.17, 15) is 18.0 Å². The van der Waals surface area contributed by atoms with Crippen molar-refractivity contribution in [2.75, 3.05) is 0 Å². The predicted molar refractivity (Wildman–Crippen MR) is 80.1 cm³/mol. The lowest BCUT2D eigenvalue weighted by Gasteiger charge is -2.11. The largest absolute Gasteiger partial charge is 0.417 e. The number of amides is 1. The Morgan fingerprint density at radius 3 is 2.65 bits per heavy atom. The van der Waals surface area contributed by atoms with E-state index in [-0.39, 0.29) is 0 Å². The summed E-state index contributed by atoms with van der Waals surface area (Å²) in [5, 5.41) is 3.86. The van der Waals surface area contributed by atoms with Gasteiger partial charge in [0.2, 0.25) is 0 Å². The van der Waals surface area contributed by atoms with Crippen LogP contribution in [0.25, 0.3) is 0 Å². The number of carbonyl (C=O) groups excluding carboxylic acids is 1. The molecule has 0 aliphatic rings. The number of nitrogens with one attached hydrogen (secondary N) is 1. The van der Waals surface area contributed by atoms with E-state index < -0.39 is 23.2 Å². The Balaban J connectivity index is 2.22. The van der Waals surface area contributed by atoms with Crippen molar-refractivity contribution >= 4 is 11.6 Å². The molecule has 0 aliphatic heterocycles. The Morgan fingerprint density at radius 1 is 1.26 bits per heavy atom. The minimum atomic E-state index is -4.63. The second-order valence-electron chi connectivity index (χ2n) is 4.93. The van der Waals surface area contributed by atoms with Crippen molar-refractivity contribution in [3.63, 3.8) is 0 Å². The van der Waals surface area contributed by atoms with Crippen LogP contribution in [-0.2, 0) is 6.18 Å². The maximum absolute atomic E-state index is 12.9. The molecule has 120 valence electrons. The maximum Gasteiger partial charge on any atom is 0.417 e. The van der Waals surface area contributed by atoms with Crippen LogP contribution in [0.5, 0.6) is 0 Å². The van der Waals surface area contributed by atoms with E-state index in [1.807, 2.05) is 25.1 Å². The van der Waals surface area contributed by atoms with Crippen LogP contribution in [0.3, 0.4) is 0 Å². The zero-order valence-corrected chi connectivity index (χ0v) is 12.5. The number of hydrazone groups is 1. The molecule has 1 aromatic carbocycles. The first-order valence-corrected chi connectivity index (χ1v) is 6.72. The quantitative estimate of drug-likeness (QED) is 0.694. The fourth-order valence-corrected chi connectivity index (χ4v) is 1.95. The number of halogens is 3. The molecule has 0 bridgehead atoms. The van der Waals surface area contributed by atoms with E-state index >= 15 is 0 Å². The van der Waals surface area contributed by atoms with Gasteiger partial charge in [0.05, 0.1) is 16.8 Å². The van der Waals surface area contributed by atoms with Gasteiger partial charge in [0.15, 0.2) is 0 Å². The molecule has 1 amide bonds. The van der Waals surface area contributed by atoms with Gasteiger partial charge in [-0.1, -0.05) is 29.8 Å². The minimum absolute atomic E-state index is 0.486. The van der Waals surface area contributed by atoms with Crippen LogP contribution < -0.4 is 5.43 Å². The second kappa shape index (κ2) is 6.60. The van der Waals surface area contributed by atoms with Crippen molar-refractivity contribution < 1.29 is 18.0 Å². The molecule has 1 aromatic heterocycles. The van der Waals surface area contributed by atoms with Crippen molar-refractivity contribution in [1.82, 2.24) is 10.4 Å². The number of hydrogen-bond donors (Lipinski definition) is 1. The summed E-state index contributed by atoms with van der Waals surface area (Å²) >= 11 is 0. The Bertz CT molecular complexity index is 754. The van der Waals surface area contributed by atoms with Gasteiger partial charge in [0, 0.05) is 12.4 Å². The molecule has 0 fully saturated rings. The molecular formula is C16H14F3N3O. The van der Waals surface area contributed by atoms with Gasteiger partial charge >= 0.3 is 6.18 Å². The highest BCUT2D eigenvalue weighted by atomic mass is 19.4. The molecule has 0 saturated heterocycles. The molecule has 0 aliphatic carbocycles. The standard InChI is InChI=1S/C16H14F3N3O/c1-10-4-3-5-12(8-10)11(2)21-22-15(23)13-9-20-7-6-14(13)16(17,18)19/h3-9H,1-2H3,(H,22,23). The van der Waals surface area contributed by atoms with Gasteiger partial charge in [-0.15, -0.1) is 0 Å². The first-order valence-electron chi connectivity index (χ1n) is 6.72. The Hall–Kier alpha value is -2.70. The lowest BCUT2D eigenvalue weighted by atomic mass is 10.1. The summed E-state index contributed by atoms with van der Waals surface area (Å²) in [7, 11) is 0. The monoisotopic (exact) mass is 321 g/mol. The topological polar surface area (TPSA) is 54.4 Å². The van der Waals surface area contributed by atoms with Gasteiger partial charge in [0.1, 0.15) is 0 Å². The molecule has 1 heterocycles. The van der Waals surface area contributed by atoms with Gasteiger partial charge in [-0.2, -0.15) is 18.3 Å². The van der Waals surface area contributed by atoms with Crippen LogP contribution in [0.4, 0.5) is 13.2 Å². The van der Waals surface area contributed by atoms with Gasteiger partial charge in [-0.3, -0.25) is 9.78 Å². The fraction of sp³-hybridized carbons (Fsp3) is 0.188. The van der Waals surface area contributed by atoms with Gasteiger partial charge in [0.25, 0.3) is 5.91 Å². The van der Waals surface area contributed by atoms with E-state index in [2.05, 4.69) is 15.5 Å². The van der Waals surface area contributed by atoms with E-state index in [1.54, 1.807) is 13.0 Å². The van der Waals surface area contributed by atoms with Crippen LogP contribution in [0, 0.1) is 6.92 Å². The molecule has 0 atom stereocenters. The predicted octanol–water partition coefficient (Wildman–Crippen LogP) is 3.56. The first-order chi connectivity index (χ1) is 10.8. The molecule has 0 spiro atoms. The number of hydrogen-bond acceptors (Lipinski definition) is 3. The van der Waals surface area contributed by atoms with Gasteiger partial charge in [-0.25, -0.2) is 5.43 Å². The van der Waals surface area contributed by atoms with Gasteiger partial charge < -0.3 is 0 Å². The van der Waals surface area contributed by atoms with Gasteiger partial charge in [-0.05, 0) is 25.5 Å². The van der Waals surface area contributed by atoms with E-state index in [0.717, 1.165) is 29.6 Å². The van der Waals surface area contributed by atoms with Crippen molar-refractivity contribution in [2.24, 2.45) is 5.10 Å². The number of nitrogens with zero attached hydrogens (tertiary/aromatic N) is 2. The summed E-state index contributed by atoms with van der Waals surface area (Å²) in [5.74, 6) is -0.961. The van der Waals surface area contributed by atoms with Crippen molar-refractivity contribution in [3.05, 3.63) is 65.0 Å². The maximum atomic E-state index is 12.9. The van der Waals surface area contributed by atoms with E-state index in [0.29, 0.717) is 5.71 Å². The molecular weight excluding hydrogens is 307 g/mol. The molecule has 4 nitrogen and oxygen atoms in total. The minimum Gasteiger partial charge on any atom is -0.267 e. The average molecular weight is 321 g/mol. The highest BCUT2D eigenvalue weighted by molar-refractivity contribution is 6.01. The van der Waals surface area contributed by atoms with Crippen molar-refractivity contribution in [1.29, 1.82) is 0 Å². The summed E-state index contributed by atoms with van der Waals surface area (Å²) in [6.07, 6.45) is -2.78. The Kier molecular flexibility index (Phi) is 4.78.